The van der Waals surface area contributed by atoms with Crippen LogP contribution in [0.2, 0.25) is 0 Å². The van der Waals surface area contributed by atoms with Gasteiger partial charge in [-0.1, -0.05) is 13.8 Å². The summed E-state index contributed by atoms with van der Waals surface area (Å²) in [7, 11) is 2.13. The number of ether oxygens (including phenoxy) is 1. The van der Waals surface area contributed by atoms with Gasteiger partial charge in [-0.3, -0.25) is 4.90 Å². The summed E-state index contributed by atoms with van der Waals surface area (Å²) in [5.41, 5.74) is 9.69. The highest BCUT2D eigenvalue weighted by Crippen LogP contribution is 2.58. The largest absolute Gasteiger partial charge is 0.377 e. The van der Waals surface area contributed by atoms with Crippen LogP contribution in [0.1, 0.15) is 26.0 Å². The zero-order valence-electron chi connectivity index (χ0n) is 11.9. The average molecular weight is 281 g/mol. The molecule has 106 valence electrons. The molecule has 1 saturated heterocycles. The van der Waals surface area contributed by atoms with E-state index in [1.807, 2.05) is 5.51 Å². The summed E-state index contributed by atoms with van der Waals surface area (Å²) in [6, 6.07) is 0. The van der Waals surface area contributed by atoms with Gasteiger partial charge in [0.1, 0.15) is 0 Å². The van der Waals surface area contributed by atoms with E-state index in [1.54, 1.807) is 11.3 Å². The number of rotatable bonds is 4. The molecule has 19 heavy (non-hydrogen) atoms. The minimum Gasteiger partial charge on any atom is -0.377 e. The molecule has 1 aromatic rings. The zero-order valence-corrected chi connectivity index (χ0v) is 12.7. The molecule has 1 aliphatic carbocycles. The van der Waals surface area contributed by atoms with Gasteiger partial charge in [-0.2, -0.15) is 0 Å². The van der Waals surface area contributed by atoms with Gasteiger partial charge < -0.3 is 10.5 Å². The second kappa shape index (κ2) is 4.52. The Morgan fingerprint density at radius 2 is 2.37 bits per heavy atom. The highest BCUT2D eigenvalue weighted by molar-refractivity contribution is 7.07. The van der Waals surface area contributed by atoms with Crippen LogP contribution in [0.5, 0.6) is 0 Å². The molecular weight excluding hydrogens is 258 g/mol. The SMILES string of the molecule is CN(Cc1cscn1)CC1(N)C2CCOC2C1(C)C. The van der Waals surface area contributed by atoms with Crippen LogP contribution in [-0.2, 0) is 11.3 Å². The summed E-state index contributed by atoms with van der Waals surface area (Å²) in [6.07, 6.45) is 1.46. The molecule has 0 amide bonds. The molecule has 0 bridgehead atoms. The quantitative estimate of drug-likeness (QED) is 0.913. The molecule has 2 aliphatic rings. The molecule has 2 fully saturated rings. The van der Waals surface area contributed by atoms with Crippen molar-refractivity contribution in [1.82, 2.24) is 9.88 Å². The van der Waals surface area contributed by atoms with Gasteiger partial charge in [0, 0.05) is 41.9 Å². The van der Waals surface area contributed by atoms with Gasteiger partial charge in [0.25, 0.3) is 0 Å². The van der Waals surface area contributed by atoms with Gasteiger partial charge in [0.15, 0.2) is 0 Å². The van der Waals surface area contributed by atoms with E-state index in [0.717, 1.165) is 31.8 Å². The lowest BCUT2D eigenvalue weighted by Crippen LogP contribution is -2.77. The van der Waals surface area contributed by atoms with Crippen molar-refractivity contribution < 1.29 is 4.74 Å². The molecule has 2 heterocycles. The molecule has 0 radical (unpaired) electrons. The maximum atomic E-state index is 6.76. The molecule has 0 aromatic carbocycles. The van der Waals surface area contributed by atoms with Crippen molar-refractivity contribution in [1.29, 1.82) is 0 Å². The molecule has 2 N–H and O–H groups in total. The predicted octanol–water partition coefficient (Wildman–Crippen LogP) is 1.72. The van der Waals surface area contributed by atoms with Crippen LogP contribution in [-0.4, -0.2) is 41.7 Å². The fourth-order valence-corrected chi connectivity index (χ4v) is 4.44. The van der Waals surface area contributed by atoms with Crippen LogP contribution in [0.15, 0.2) is 10.9 Å². The van der Waals surface area contributed by atoms with Crippen molar-refractivity contribution in [2.45, 2.75) is 38.5 Å². The number of nitrogens with two attached hydrogens (primary N) is 1. The van der Waals surface area contributed by atoms with E-state index < -0.39 is 0 Å². The third kappa shape index (κ3) is 1.95. The van der Waals surface area contributed by atoms with Crippen LogP contribution in [0, 0.1) is 11.3 Å². The molecule has 1 aliphatic heterocycles. The van der Waals surface area contributed by atoms with Crippen LogP contribution in [0.3, 0.4) is 0 Å². The molecule has 1 aromatic heterocycles. The number of likely N-dealkylation sites (N-methyl/N-ethyl adjacent to an activating group) is 1. The standard InChI is InChI=1S/C14H23N3OS/c1-13(2)12-11(4-5-18-12)14(13,15)8-17(3)6-10-7-19-9-16-10/h7,9,11-12H,4-6,8,15H2,1-3H3. The molecule has 0 spiro atoms. The number of aromatic nitrogens is 1. The van der Waals surface area contributed by atoms with Crippen LogP contribution in [0.25, 0.3) is 0 Å². The first-order valence-corrected chi connectivity index (χ1v) is 7.85. The Morgan fingerprint density at radius 1 is 1.58 bits per heavy atom. The molecule has 3 atom stereocenters. The third-order valence-corrected chi connectivity index (χ3v) is 5.75. The Balaban J connectivity index is 1.68. The minimum absolute atomic E-state index is 0.0600. The highest BCUT2D eigenvalue weighted by atomic mass is 32.1. The second-order valence-corrected chi connectivity index (χ2v) is 7.32. The van der Waals surface area contributed by atoms with E-state index in [0.29, 0.717) is 12.0 Å². The van der Waals surface area contributed by atoms with E-state index in [2.05, 4.69) is 36.2 Å². The van der Waals surface area contributed by atoms with Crippen molar-refractivity contribution in [3.8, 4) is 0 Å². The number of fused-ring (bicyclic) bond motifs is 1. The van der Waals surface area contributed by atoms with Crippen molar-refractivity contribution in [2.24, 2.45) is 17.1 Å². The van der Waals surface area contributed by atoms with E-state index in [9.17, 15) is 0 Å². The zero-order chi connectivity index (χ0) is 13.7. The lowest BCUT2D eigenvalue weighted by atomic mass is 9.48. The second-order valence-electron chi connectivity index (χ2n) is 6.60. The summed E-state index contributed by atoms with van der Waals surface area (Å²) < 4.78 is 5.84. The Morgan fingerprint density at radius 3 is 3.05 bits per heavy atom. The van der Waals surface area contributed by atoms with E-state index in [-0.39, 0.29) is 11.0 Å². The van der Waals surface area contributed by atoms with E-state index in [1.165, 1.54) is 0 Å². The molecule has 5 heteroatoms. The Kier molecular flexibility index (Phi) is 3.21. The maximum Gasteiger partial charge on any atom is 0.0795 e. The fourth-order valence-electron chi connectivity index (χ4n) is 3.89. The summed E-state index contributed by atoms with van der Waals surface area (Å²) in [5, 5.41) is 2.10. The first-order chi connectivity index (χ1) is 8.95. The fraction of sp³-hybridized carbons (Fsp3) is 0.786. The van der Waals surface area contributed by atoms with Crippen LogP contribution < -0.4 is 5.73 Å². The first kappa shape index (κ1) is 13.5. The maximum absolute atomic E-state index is 6.76. The van der Waals surface area contributed by atoms with E-state index in [4.69, 9.17) is 10.5 Å². The Labute approximate surface area is 119 Å². The summed E-state index contributed by atoms with van der Waals surface area (Å²) in [5.74, 6) is 0.514. The van der Waals surface area contributed by atoms with Gasteiger partial charge in [-0.25, -0.2) is 4.98 Å². The lowest BCUT2D eigenvalue weighted by Gasteiger charge is -2.63. The minimum atomic E-state index is -0.140. The summed E-state index contributed by atoms with van der Waals surface area (Å²) in [4.78, 5) is 6.64. The molecule has 3 rings (SSSR count). The number of nitrogens with zero attached hydrogens (tertiary/aromatic N) is 2. The summed E-state index contributed by atoms with van der Waals surface area (Å²) >= 11 is 1.65. The predicted molar refractivity (Wildman–Crippen MR) is 77.0 cm³/mol. The Hall–Kier alpha value is -0.490. The van der Waals surface area contributed by atoms with Crippen molar-refractivity contribution in [3.05, 3.63) is 16.6 Å². The van der Waals surface area contributed by atoms with Gasteiger partial charge in [-0.15, -0.1) is 11.3 Å². The topological polar surface area (TPSA) is 51.4 Å². The van der Waals surface area contributed by atoms with Gasteiger partial charge in [0.2, 0.25) is 0 Å². The molecule has 3 unspecified atom stereocenters. The van der Waals surface area contributed by atoms with E-state index >= 15 is 0 Å². The normalized spacial score (nSPS) is 36.3. The van der Waals surface area contributed by atoms with Gasteiger partial charge in [-0.05, 0) is 13.5 Å². The van der Waals surface area contributed by atoms with Crippen molar-refractivity contribution >= 4 is 11.3 Å². The van der Waals surface area contributed by atoms with Gasteiger partial charge in [0.05, 0.1) is 17.3 Å². The van der Waals surface area contributed by atoms with Gasteiger partial charge >= 0.3 is 0 Å². The molecule has 4 nitrogen and oxygen atoms in total. The number of hydrogen-bond acceptors (Lipinski definition) is 5. The van der Waals surface area contributed by atoms with Crippen LogP contribution in [0.4, 0.5) is 0 Å². The average Bonchev–Trinajstić information content (AvgIpc) is 2.97. The highest BCUT2D eigenvalue weighted by Gasteiger charge is 2.67. The number of thiazole rings is 1. The summed E-state index contributed by atoms with van der Waals surface area (Å²) in [6.45, 7) is 7.14. The van der Waals surface area contributed by atoms with Crippen molar-refractivity contribution in [3.63, 3.8) is 0 Å². The molecule has 1 saturated carbocycles. The monoisotopic (exact) mass is 281 g/mol. The first-order valence-electron chi connectivity index (χ1n) is 6.91. The molecular formula is C14H23N3OS. The third-order valence-electron chi connectivity index (χ3n) is 5.11. The number of hydrogen-bond donors (Lipinski definition) is 1. The van der Waals surface area contributed by atoms with Crippen molar-refractivity contribution in [2.75, 3.05) is 20.2 Å². The Bertz CT molecular complexity index is 448. The van der Waals surface area contributed by atoms with Crippen LogP contribution >= 0.6 is 11.3 Å². The lowest BCUT2D eigenvalue weighted by molar-refractivity contribution is -0.162. The smallest absolute Gasteiger partial charge is 0.0795 e.